The Morgan fingerprint density at radius 1 is 1.08 bits per heavy atom. The number of ether oxygens (including phenoxy) is 2. The second kappa shape index (κ2) is 9.85. The Hall–Kier alpha value is -2.50. The van der Waals surface area contributed by atoms with Gasteiger partial charge in [0.1, 0.15) is 5.70 Å². The van der Waals surface area contributed by atoms with E-state index in [1.165, 1.54) is 4.90 Å². The molecule has 0 aliphatic carbocycles. The molecule has 0 saturated carbocycles. The molecule has 1 aliphatic rings. The van der Waals surface area contributed by atoms with Crippen LogP contribution in [-0.2, 0) is 4.79 Å². The van der Waals surface area contributed by atoms with E-state index in [0.717, 1.165) is 37.7 Å². The molecule has 0 unspecified atom stereocenters. The molecule has 1 aliphatic heterocycles. The van der Waals surface area contributed by atoms with Gasteiger partial charge in [0.2, 0.25) is 0 Å². The predicted octanol–water partition coefficient (Wildman–Crippen LogP) is 3.96. The lowest BCUT2D eigenvalue weighted by Gasteiger charge is -2.11. The van der Waals surface area contributed by atoms with Crippen LogP contribution in [0.25, 0.3) is 6.08 Å². The number of unbranched alkanes of at least 4 members (excludes halogenated alkanes) is 3. The van der Waals surface area contributed by atoms with Gasteiger partial charge in [-0.1, -0.05) is 39.2 Å². The molecule has 0 radical (unpaired) electrons. The molecule has 3 amide bonds. The third kappa shape index (κ3) is 5.00. The summed E-state index contributed by atoms with van der Waals surface area (Å²) in [6, 6.07) is 5.11. The van der Waals surface area contributed by atoms with Gasteiger partial charge in [0.15, 0.2) is 11.5 Å². The Balaban J connectivity index is 2.10. The summed E-state index contributed by atoms with van der Waals surface area (Å²) in [7, 11) is 1.58. The first-order valence-electron chi connectivity index (χ1n) is 9.26. The highest BCUT2D eigenvalue weighted by Gasteiger charge is 2.32. The third-order valence-corrected chi connectivity index (χ3v) is 4.20. The van der Waals surface area contributed by atoms with Gasteiger partial charge < -0.3 is 14.8 Å². The number of hydrogen-bond donors (Lipinski definition) is 1. The standard InChI is InChI=1S/C20H28N2O4/c1-4-6-8-12-26-17-10-9-15(14-18(17)25-3)13-16-19(23)22(11-7-5-2)20(24)21-16/h9-10,13-14H,4-8,11-12H2,1-3H3,(H,21,24). The molecule has 142 valence electrons. The van der Waals surface area contributed by atoms with Gasteiger partial charge in [-0.2, -0.15) is 0 Å². The van der Waals surface area contributed by atoms with E-state index in [1.54, 1.807) is 19.3 Å². The zero-order valence-corrected chi connectivity index (χ0v) is 15.8. The lowest BCUT2D eigenvalue weighted by Crippen LogP contribution is -2.31. The Morgan fingerprint density at radius 2 is 1.85 bits per heavy atom. The minimum absolute atomic E-state index is 0.282. The van der Waals surface area contributed by atoms with Crippen molar-refractivity contribution in [1.29, 1.82) is 0 Å². The summed E-state index contributed by atoms with van der Waals surface area (Å²) < 4.78 is 11.2. The summed E-state index contributed by atoms with van der Waals surface area (Å²) in [5, 5.41) is 2.64. The lowest BCUT2D eigenvalue weighted by atomic mass is 10.1. The number of amides is 3. The van der Waals surface area contributed by atoms with Gasteiger partial charge in [0, 0.05) is 6.54 Å². The zero-order valence-electron chi connectivity index (χ0n) is 15.8. The van der Waals surface area contributed by atoms with Gasteiger partial charge in [0.05, 0.1) is 13.7 Å². The molecule has 0 spiro atoms. The van der Waals surface area contributed by atoms with Gasteiger partial charge in [-0.15, -0.1) is 0 Å². The molecule has 26 heavy (non-hydrogen) atoms. The Morgan fingerprint density at radius 3 is 2.54 bits per heavy atom. The summed E-state index contributed by atoms with van der Waals surface area (Å²) >= 11 is 0. The first-order valence-corrected chi connectivity index (χ1v) is 9.26. The largest absolute Gasteiger partial charge is 0.493 e. The van der Waals surface area contributed by atoms with E-state index in [0.29, 0.717) is 24.7 Å². The van der Waals surface area contributed by atoms with Crippen molar-refractivity contribution in [1.82, 2.24) is 10.2 Å². The van der Waals surface area contributed by atoms with Crippen LogP contribution in [0.15, 0.2) is 23.9 Å². The molecular weight excluding hydrogens is 332 g/mol. The van der Waals surface area contributed by atoms with Crippen LogP contribution in [0.4, 0.5) is 4.79 Å². The SMILES string of the molecule is CCCCCOc1ccc(C=C2NC(=O)N(CCCC)C2=O)cc1OC. The number of carbonyl (C=O) groups excluding carboxylic acids is 2. The van der Waals surface area contributed by atoms with Gasteiger partial charge in [-0.3, -0.25) is 9.69 Å². The summed E-state index contributed by atoms with van der Waals surface area (Å²) in [5.74, 6) is 0.995. The van der Waals surface area contributed by atoms with Crippen molar-refractivity contribution in [2.75, 3.05) is 20.3 Å². The summed E-state index contributed by atoms with van der Waals surface area (Å²) in [6.07, 6.45) is 6.65. The summed E-state index contributed by atoms with van der Waals surface area (Å²) in [5.41, 5.74) is 1.05. The number of benzene rings is 1. The van der Waals surface area contributed by atoms with E-state index in [-0.39, 0.29) is 17.6 Å². The Kier molecular flexibility index (Phi) is 7.51. The second-order valence-corrected chi connectivity index (χ2v) is 6.26. The average Bonchev–Trinajstić information content (AvgIpc) is 2.91. The molecule has 2 rings (SSSR count). The van der Waals surface area contributed by atoms with E-state index >= 15 is 0 Å². The monoisotopic (exact) mass is 360 g/mol. The highest BCUT2D eigenvalue weighted by atomic mass is 16.5. The van der Waals surface area contributed by atoms with Crippen LogP contribution in [0.1, 0.15) is 51.5 Å². The highest BCUT2D eigenvalue weighted by molar-refractivity contribution is 6.13. The van der Waals surface area contributed by atoms with Crippen molar-refractivity contribution in [2.45, 2.75) is 46.0 Å². The van der Waals surface area contributed by atoms with Gasteiger partial charge in [-0.05, 0) is 36.6 Å². The molecule has 1 fully saturated rings. The lowest BCUT2D eigenvalue weighted by molar-refractivity contribution is -0.122. The molecule has 1 aromatic rings. The normalized spacial score (nSPS) is 15.5. The smallest absolute Gasteiger partial charge is 0.329 e. The number of hydrogen-bond acceptors (Lipinski definition) is 4. The molecule has 6 heteroatoms. The maximum Gasteiger partial charge on any atom is 0.329 e. The summed E-state index contributed by atoms with van der Waals surface area (Å²) in [6.45, 7) is 5.25. The fraction of sp³-hybridized carbons (Fsp3) is 0.500. The maximum atomic E-state index is 12.4. The van der Waals surface area contributed by atoms with E-state index in [9.17, 15) is 9.59 Å². The van der Waals surface area contributed by atoms with Crippen LogP contribution >= 0.6 is 0 Å². The van der Waals surface area contributed by atoms with E-state index < -0.39 is 0 Å². The van der Waals surface area contributed by atoms with Crippen molar-refractivity contribution in [3.8, 4) is 11.5 Å². The predicted molar refractivity (Wildman–Crippen MR) is 101 cm³/mol. The van der Waals surface area contributed by atoms with Crippen LogP contribution < -0.4 is 14.8 Å². The molecule has 1 heterocycles. The first kappa shape index (κ1) is 19.8. The zero-order chi connectivity index (χ0) is 18.9. The van der Waals surface area contributed by atoms with Crippen LogP contribution in [0.5, 0.6) is 11.5 Å². The van der Waals surface area contributed by atoms with Crippen LogP contribution in [0.3, 0.4) is 0 Å². The molecule has 6 nitrogen and oxygen atoms in total. The number of nitrogens with zero attached hydrogens (tertiary/aromatic N) is 1. The van der Waals surface area contributed by atoms with Crippen molar-refractivity contribution in [2.24, 2.45) is 0 Å². The minimum Gasteiger partial charge on any atom is -0.493 e. The third-order valence-electron chi connectivity index (χ3n) is 4.20. The van der Waals surface area contributed by atoms with Crippen molar-refractivity contribution >= 4 is 18.0 Å². The molecular formula is C20H28N2O4. The topological polar surface area (TPSA) is 67.9 Å². The van der Waals surface area contributed by atoms with Crippen molar-refractivity contribution in [3.63, 3.8) is 0 Å². The second-order valence-electron chi connectivity index (χ2n) is 6.26. The van der Waals surface area contributed by atoms with E-state index in [1.807, 2.05) is 19.1 Å². The van der Waals surface area contributed by atoms with Gasteiger partial charge in [0.25, 0.3) is 5.91 Å². The quantitative estimate of drug-likeness (QED) is 0.390. The van der Waals surface area contributed by atoms with Crippen LogP contribution in [-0.4, -0.2) is 37.1 Å². The average molecular weight is 360 g/mol. The van der Waals surface area contributed by atoms with Crippen LogP contribution in [0, 0.1) is 0 Å². The first-order chi connectivity index (χ1) is 12.6. The number of imide groups is 1. The number of rotatable bonds is 10. The summed E-state index contributed by atoms with van der Waals surface area (Å²) in [4.78, 5) is 25.6. The van der Waals surface area contributed by atoms with Gasteiger partial charge >= 0.3 is 6.03 Å². The van der Waals surface area contributed by atoms with Crippen molar-refractivity contribution in [3.05, 3.63) is 29.5 Å². The van der Waals surface area contributed by atoms with Crippen molar-refractivity contribution < 1.29 is 19.1 Å². The van der Waals surface area contributed by atoms with Gasteiger partial charge in [-0.25, -0.2) is 4.79 Å². The highest BCUT2D eigenvalue weighted by Crippen LogP contribution is 2.29. The number of urea groups is 1. The molecule has 0 bridgehead atoms. The van der Waals surface area contributed by atoms with E-state index in [4.69, 9.17) is 9.47 Å². The number of carbonyl (C=O) groups is 2. The Labute approximate surface area is 155 Å². The molecule has 1 N–H and O–H groups in total. The fourth-order valence-electron chi connectivity index (χ4n) is 2.68. The van der Waals surface area contributed by atoms with E-state index in [2.05, 4.69) is 12.2 Å². The fourth-order valence-corrected chi connectivity index (χ4v) is 2.68. The number of methoxy groups -OCH3 is 1. The minimum atomic E-state index is -0.363. The molecule has 1 aromatic carbocycles. The van der Waals surface area contributed by atoms with Crippen LogP contribution in [0.2, 0.25) is 0 Å². The maximum absolute atomic E-state index is 12.4. The molecule has 0 aromatic heterocycles. The number of nitrogens with one attached hydrogen (secondary N) is 1. The molecule has 0 atom stereocenters. The molecule has 1 saturated heterocycles. The Bertz CT molecular complexity index is 670.